The molecule has 1 heterocycles. The maximum absolute atomic E-state index is 9.44. The Bertz CT molecular complexity index is 423. The number of allylic oxidation sites excluding steroid dienone is 1. The molecule has 1 aliphatic rings. The predicted molar refractivity (Wildman–Crippen MR) is 64.6 cm³/mol. The number of aliphatic hydroxyl groups is 1. The van der Waals surface area contributed by atoms with E-state index in [0.717, 1.165) is 42.1 Å². The molecule has 1 aliphatic carbocycles. The number of nitrogens with zero attached hydrogens (tertiary/aromatic N) is 2. The zero-order chi connectivity index (χ0) is 11.7. The third-order valence-electron chi connectivity index (χ3n) is 3.09. The summed E-state index contributed by atoms with van der Waals surface area (Å²) in [5.74, 6) is 0. The van der Waals surface area contributed by atoms with Crippen molar-refractivity contribution in [1.82, 2.24) is 9.78 Å². The Morgan fingerprint density at radius 3 is 2.88 bits per heavy atom. The average Bonchev–Trinajstić information content (AvgIpc) is 2.77. The van der Waals surface area contributed by atoms with Crippen molar-refractivity contribution in [2.24, 2.45) is 7.05 Å². The lowest BCUT2D eigenvalue weighted by Crippen LogP contribution is -1.99. The smallest absolute Gasteiger partial charge is 0.0853 e. The van der Waals surface area contributed by atoms with E-state index in [4.69, 9.17) is 11.6 Å². The summed E-state index contributed by atoms with van der Waals surface area (Å²) < 4.78 is 1.85. The molecule has 0 aliphatic heterocycles. The van der Waals surface area contributed by atoms with Gasteiger partial charge in [-0.15, -0.1) is 0 Å². The summed E-state index contributed by atoms with van der Waals surface area (Å²) >= 11 is 6.27. The molecular formula is C12H17ClN2O. The van der Waals surface area contributed by atoms with Gasteiger partial charge in [0.25, 0.3) is 0 Å². The van der Waals surface area contributed by atoms with Crippen LogP contribution in [0.4, 0.5) is 0 Å². The van der Waals surface area contributed by atoms with Crippen LogP contribution in [0.3, 0.4) is 0 Å². The van der Waals surface area contributed by atoms with E-state index in [9.17, 15) is 5.11 Å². The molecule has 0 radical (unpaired) electrons. The first-order chi connectivity index (χ1) is 7.61. The molecule has 0 aromatic carbocycles. The molecule has 1 unspecified atom stereocenters. The Morgan fingerprint density at radius 2 is 2.38 bits per heavy atom. The molecule has 1 aromatic rings. The largest absolute Gasteiger partial charge is 0.389 e. The second-order valence-corrected chi connectivity index (χ2v) is 4.67. The second-order valence-electron chi connectivity index (χ2n) is 4.29. The molecule has 0 bridgehead atoms. The highest BCUT2D eigenvalue weighted by atomic mass is 35.5. The zero-order valence-corrected chi connectivity index (χ0v) is 10.5. The molecule has 0 saturated carbocycles. The van der Waals surface area contributed by atoms with E-state index in [1.807, 2.05) is 17.8 Å². The Morgan fingerprint density at radius 1 is 1.62 bits per heavy atom. The van der Waals surface area contributed by atoms with Gasteiger partial charge in [-0.05, 0) is 19.3 Å². The maximum Gasteiger partial charge on any atom is 0.0853 e. The van der Waals surface area contributed by atoms with E-state index in [2.05, 4.69) is 12.0 Å². The van der Waals surface area contributed by atoms with E-state index in [-0.39, 0.29) is 6.10 Å². The minimum atomic E-state index is -0.271. The van der Waals surface area contributed by atoms with Crippen LogP contribution in [0.25, 0.3) is 0 Å². The maximum atomic E-state index is 9.44. The number of halogens is 1. The standard InChI is InChI=1S/C12H17ClN2O/c1-3-10-12(13)11(15(2)14-10)7-8-4-5-9(16)6-8/h6,9,16H,3-5,7H2,1-2H3. The fraction of sp³-hybridized carbons (Fsp3) is 0.583. The molecule has 0 amide bonds. The van der Waals surface area contributed by atoms with Crippen LogP contribution in [0.15, 0.2) is 11.6 Å². The van der Waals surface area contributed by atoms with Gasteiger partial charge in [-0.25, -0.2) is 0 Å². The van der Waals surface area contributed by atoms with Crippen molar-refractivity contribution in [2.45, 2.75) is 38.7 Å². The van der Waals surface area contributed by atoms with Crippen LogP contribution in [-0.2, 0) is 19.9 Å². The molecular weight excluding hydrogens is 224 g/mol. The van der Waals surface area contributed by atoms with Crippen LogP contribution < -0.4 is 0 Å². The van der Waals surface area contributed by atoms with Gasteiger partial charge < -0.3 is 5.11 Å². The summed E-state index contributed by atoms with van der Waals surface area (Å²) in [6.07, 6.45) is 5.13. The van der Waals surface area contributed by atoms with Gasteiger partial charge in [0.05, 0.1) is 22.5 Å². The van der Waals surface area contributed by atoms with Crippen molar-refractivity contribution in [3.8, 4) is 0 Å². The van der Waals surface area contributed by atoms with Crippen LogP contribution in [0.1, 0.15) is 31.2 Å². The summed E-state index contributed by atoms with van der Waals surface area (Å²) in [6.45, 7) is 2.05. The predicted octanol–water partition coefficient (Wildman–Crippen LogP) is 2.26. The topological polar surface area (TPSA) is 38.0 Å². The van der Waals surface area contributed by atoms with E-state index in [1.54, 1.807) is 0 Å². The van der Waals surface area contributed by atoms with Gasteiger partial charge in [0, 0.05) is 13.5 Å². The summed E-state index contributed by atoms with van der Waals surface area (Å²) in [5, 5.41) is 14.6. The van der Waals surface area contributed by atoms with Crippen molar-refractivity contribution in [3.05, 3.63) is 28.1 Å². The van der Waals surface area contributed by atoms with Crippen molar-refractivity contribution >= 4 is 11.6 Å². The van der Waals surface area contributed by atoms with Gasteiger partial charge in [-0.3, -0.25) is 4.68 Å². The lowest BCUT2D eigenvalue weighted by atomic mass is 10.1. The molecule has 0 saturated heterocycles. The SMILES string of the molecule is CCc1nn(C)c(CC2=CC(O)CC2)c1Cl. The van der Waals surface area contributed by atoms with Crippen molar-refractivity contribution in [3.63, 3.8) is 0 Å². The molecule has 3 nitrogen and oxygen atoms in total. The van der Waals surface area contributed by atoms with Gasteiger partial charge in [-0.1, -0.05) is 30.2 Å². The Hall–Kier alpha value is -0.800. The molecule has 0 fully saturated rings. The monoisotopic (exact) mass is 240 g/mol. The van der Waals surface area contributed by atoms with E-state index in [1.165, 1.54) is 5.57 Å². The summed E-state index contributed by atoms with van der Waals surface area (Å²) in [7, 11) is 1.92. The molecule has 0 spiro atoms. The number of aliphatic hydroxyl groups excluding tert-OH is 1. The molecule has 4 heteroatoms. The summed E-state index contributed by atoms with van der Waals surface area (Å²) in [5.41, 5.74) is 3.28. The van der Waals surface area contributed by atoms with Gasteiger partial charge in [-0.2, -0.15) is 5.10 Å². The number of hydrogen-bond acceptors (Lipinski definition) is 2. The fourth-order valence-electron chi connectivity index (χ4n) is 2.15. The van der Waals surface area contributed by atoms with Crippen molar-refractivity contribution in [1.29, 1.82) is 0 Å². The number of aryl methyl sites for hydroxylation is 2. The minimum Gasteiger partial charge on any atom is -0.389 e. The van der Waals surface area contributed by atoms with Gasteiger partial charge >= 0.3 is 0 Å². The second kappa shape index (κ2) is 4.60. The van der Waals surface area contributed by atoms with Crippen LogP contribution in [-0.4, -0.2) is 21.0 Å². The number of aromatic nitrogens is 2. The lowest BCUT2D eigenvalue weighted by Gasteiger charge is -2.03. The van der Waals surface area contributed by atoms with Gasteiger partial charge in [0.2, 0.25) is 0 Å². The highest BCUT2D eigenvalue weighted by Crippen LogP contribution is 2.27. The Labute approximate surface area is 101 Å². The molecule has 1 N–H and O–H groups in total. The van der Waals surface area contributed by atoms with Crippen molar-refractivity contribution in [2.75, 3.05) is 0 Å². The third-order valence-corrected chi connectivity index (χ3v) is 3.52. The molecule has 1 aromatic heterocycles. The quantitative estimate of drug-likeness (QED) is 0.823. The van der Waals surface area contributed by atoms with Crippen LogP contribution >= 0.6 is 11.6 Å². The third kappa shape index (κ3) is 2.15. The first-order valence-electron chi connectivity index (χ1n) is 5.69. The van der Waals surface area contributed by atoms with Gasteiger partial charge in [0.1, 0.15) is 0 Å². The highest BCUT2D eigenvalue weighted by Gasteiger charge is 2.18. The molecule has 88 valence electrons. The van der Waals surface area contributed by atoms with Gasteiger partial charge in [0.15, 0.2) is 0 Å². The molecule has 16 heavy (non-hydrogen) atoms. The van der Waals surface area contributed by atoms with Crippen LogP contribution in [0.2, 0.25) is 5.02 Å². The first kappa shape index (κ1) is 11.7. The van der Waals surface area contributed by atoms with E-state index >= 15 is 0 Å². The van der Waals surface area contributed by atoms with Crippen LogP contribution in [0.5, 0.6) is 0 Å². The summed E-state index contributed by atoms with van der Waals surface area (Å²) in [6, 6.07) is 0. The first-order valence-corrected chi connectivity index (χ1v) is 6.07. The number of rotatable bonds is 3. The fourth-order valence-corrected chi connectivity index (χ4v) is 2.51. The van der Waals surface area contributed by atoms with Crippen molar-refractivity contribution < 1.29 is 5.11 Å². The normalized spacial score (nSPS) is 20.2. The zero-order valence-electron chi connectivity index (χ0n) is 9.70. The Balaban J connectivity index is 2.21. The highest BCUT2D eigenvalue weighted by molar-refractivity contribution is 6.31. The van der Waals surface area contributed by atoms with E-state index in [0.29, 0.717) is 0 Å². The minimum absolute atomic E-state index is 0.271. The molecule has 1 atom stereocenters. The average molecular weight is 241 g/mol. The lowest BCUT2D eigenvalue weighted by molar-refractivity contribution is 0.223. The molecule has 2 rings (SSSR count). The summed E-state index contributed by atoms with van der Waals surface area (Å²) in [4.78, 5) is 0. The number of hydrogen-bond donors (Lipinski definition) is 1. The van der Waals surface area contributed by atoms with Crippen LogP contribution in [0, 0.1) is 0 Å². The Kier molecular flexibility index (Phi) is 3.36. The van der Waals surface area contributed by atoms with E-state index < -0.39 is 0 Å².